The maximum Gasteiger partial charge on any atom is 0.322 e. The van der Waals surface area contributed by atoms with E-state index in [2.05, 4.69) is 40.5 Å². The molecular weight excluding hydrogens is 300 g/mol. The van der Waals surface area contributed by atoms with Gasteiger partial charge in [-0.1, -0.05) is 7.43 Å². The summed E-state index contributed by atoms with van der Waals surface area (Å²) in [5, 5.41) is 5.68. The molecule has 2 rings (SSSR count). The minimum absolute atomic E-state index is 0. The zero-order valence-electron chi connectivity index (χ0n) is 13.5. The Morgan fingerprint density at radius 3 is 1.39 bits per heavy atom. The summed E-state index contributed by atoms with van der Waals surface area (Å²) in [7, 11) is 6.53. The van der Waals surface area contributed by atoms with Crippen LogP contribution in [0.4, 0.5) is 11.9 Å². The number of nitrogens with one attached hydrogen (secondary N) is 2. The van der Waals surface area contributed by atoms with Gasteiger partial charge in [0.25, 0.3) is 0 Å². The fourth-order valence-electron chi connectivity index (χ4n) is 1.32. The van der Waals surface area contributed by atoms with Crippen LogP contribution >= 0.6 is 0 Å². The molecule has 2 aromatic heterocycles. The van der Waals surface area contributed by atoms with Crippen molar-refractivity contribution in [2.75, 3.05) is 38.9 Å². The molecule has 0 amide bonds. The average Bonchev–Trinajstić information content (AvgIpc) is 2.53. The van der Waals surface area contributed by atoms with Gasteiger partial charge in [-0.15, -0.1) is 4.98 Å². The summed E-state index contributed by atoms with van der Waals surface area (Å²) in [6, 6.07) is 0.545. The van der Waals surface area contributed by atoms with Crippen LogP contribution in [-0.2, 0) is 0 Å². The Bertz CT molecular complexity index is 511. The number of aryl methyl sites for hydroxylation is 2. The summed E-state index contributed by atoms with van der Waals surface area (Å²) < 4.78 is 9.59. The maximum atomic E-state index is 4.80. The van der Waals surface area contributed by atoms with Gasteiger partial charge in [0.15, 0.2) is 0 Å². The van der Waals surface area contributed by atoms with E-state index in [0.29, 0.717) is 23.5 Å². The quantitative estimate of drug-likeness (QED) is 0.845. The molecule has 0 spiro atoms. The number of aromatic nitrogens is 6. The van der Waals surface area contributed by atoms with E-state index in [1.165, 1.54) is 14.2 Å². The van der Waals surface area contributed by atoms with Crippen molar-refractivity contribution >= 4 is 11.9 Å². The number of nitrogens with zero attached hydrogens (tertiary/aromatic N) is 6. The summed E-state index contributed by atoms with van der Waals surface area (Å²) in [5.41, 5.74) is 0. The van der Waals surface area contributed by atoms with Gasteiger partial charge in [0.05, 0.1) is 14.2 Å². The fourth-order valence-corrected chi connectivity index (χ4v) is 1.32. The van der Waals surface area contributed by atoms with Gasteiger partial charge in [0.1, 0.15) is 11.6 Å². The highest BCUT2D eigenvalue weighted by molar-refractivity contribution is 5.32. The van der Waals surface area contributed by atoms with E-state index in [0.717, 1.165) is 0 Å². The van der Waals surface area contributed by atoms with E-state index in [9.17, 15) is 0 Å². The highest BCUT2D eigenvalue weighted by atomic mass is 16.5. The Kier molecular flexibility index (Phi) is 8.82. The first-order chi connectivity index (χ1) is 10.5. The first-order valence-electron chi connectivity index (χ1n) is 6.41. The van der Waals surface area contributed by atoms with Crippen LogP contribution in [0.15, 0.2) is 0 Å². The first-order valence-corrected chi connectivity index (χ1v) is 6.41. The molecule has 0 saturated heterocycles. The molecule has 128 valence electrons. The van der Waals surface area contributed by atoms with Crippen LogP contribution in [-0.4, -0.2) is 58.2 Å². The van der Waals surface area contributed by atoms with Crippen molar-refractivity contribution in [3.63, 3.8) is 0 Å². The van der Waals surface area contributed by atoms with Crippen LogP contribution in [0, 0.1) is 13.8 Å². The molecule has 0 saturated carbocycles. The molecule has 2 heterocycles. The molecule has 0 atom stereocenters. The van der Waals surface area contributed by atoms with Crippen molar-refractivity contribution in [2.24, 2.45) is 0 Å². The molecule has 0 aliphatic carbocycles. The monoisotopic (exact) mass is 324 g/mol. The van der Waals surface area contributed by atoms with Crippen molar-refractivity contribution in [3.8, 4) is 12.0 Å². The second-order valence-corrected chi connectivity index (χ2v) is 3.89. The zero-order valence-corrected chi connectivity index (χ0v) is 13.5. The van der Waals surface area contributed by atoms with Crippen molar-refractivity contribution in [2.45, 2.75) is 21.3 Å². The predicted molar refractivity (Wildman–Crippen MR) is 88.1 cm³/mol. The Morgan fingerprint density at radius 1 is 0.652 bits per heavy atom. The highest BCUT2D eigenvalue weighted by Gasteiger charge is 2.01. The van der Waals surface area contributed by atoms with Gasteiger partial charge in [0.2, 0.25) is 11.9 Å². The average molecular weight is 324 g/mol. The molecule has 0 aliphatic heterocycles. The number of rotatable bonds is 4. The third-order valence-corrected chi connectivity index (χ3v) is 2.27. The lowest BCUT2D eigenvalue weighted by atomic mass is 10.7. The summed E-state index contributed by atoms with van der Waals surface area (Å²) in [6.45, 7) is 3.57. The summed E-state index contributed by atoms with van der Waals surface area (Å²) in [4.78, 5) is 23.6. The lowest BCUT2D eigenvalue weighted by molar-refractivity contribution is 0.337. The maximum absolute atomic E-state index is 4.80. The molecule has 0 fully saturated rings. The zero-order chi connectivity index (χ0) is 16.5. The molecule has 10 nitrogen and oxygen atoms in total. The Morgan fingerprint density at radius 2 is 1.04 bits per heavy atom. The first kappa shape index (κ1) is 20.2. The van der Waals surface area contributed by atoms with Crippen molar-refractivity contribution in [1.82, 2.24) is 29.9 Å². The number of hydrogen-bond donors (Lipinski definition) is 2. The third-order valence-electron chi connectivity index (χ3n) is 2.27. The van der Waals surface area contributed by atoms with E-state index in [1.54, 1.807) is 21.0 Å². The molecular formula is C13H24N8O2. The molecule has 0 unspecified atom stereocenters. The summed E-state index contributed by atoms with van der Waals surface area (Å²) in [6.07, 6.45) is 0. The van der Waals surface area contributed by atoms with Gasteiger partial charge in [-0.05, 0) is 13.8 Å². The van der Waals surface area contributed by atoms with Gasteiger partial charge in [-0.25, -0.2) is 0 Å². The lowest BCUT2D eigenvalue weighted by Crippen LogP contribution is -2.04. The minimum Gasteiger partial charge on any atom is -0.467 e. The number of hydrogen-bond acceptors (Lipinski definition) is 10. The van der Waals surface area contributed by atoms with Crippen LogP contribution in [0.25, 0.3) is 0 Å². The van der Waals surface area contributed by atoms with Crippen molar-refractivity contribution in [3.05, 3.63) is 11.6 Å². The van der Waals surface area contributed by atoms with Gasteiger partial charge in [-0.3, -0.25) is 0 Å². The number of ether oxygens (including phenoxy) is 2. The molecule has 23 heavy (non-hydrogen) atoms. The smallest absolute Gasteiger partial charge is 0.322 e. The second kappa shape index (κ2) is 10.0. The Labute approximate surface area is 136 Å². The van der Waals surface area contributed by atoms with Gasteiger partial charge in [-0.2, -0.15) is 24.9 Å². The van der Waals surface area contributed by atoms with Gasteiger partial charge >= 0.3 is 12.0 Å². The normalized spacial score (nSPS) is 8.96. The van der Waals surface area contributed by atoms with Crippen LogP contribution in [0.5, 0.6) is 12.0 Å². The number of anilines is 2. The van der Waals surface area contributed by atoms with E-state index in [4.69, 9.17) is 9.47 Å². The molecule has 2 N–H and O–H groups in total. The Hall–Kier alpha value is -2.78. The molecule has 2 aromatic rings. The fraction of sp³-hybridized carbons (Fsp3) is 0.538. The van der Waals surface area contributed by atoms with Gasteiger partial charge < -0.3 is 20.1 Å². The van der Waals surface area contributed by atoms with Gasteiger partial charge in [0, 0.05) is 14.1 Å². The topological polar surface area (TPSA) is 120 Å². The number of methoxy groups -OCH3 is 2. The molecule has 0 radical (unpaired) electrons. The van der Waals surface area contributed by atoms with Crippen molar-refractivity contribution < 1.29 is 9.47 Å². The second-order valence-electron chi connectivity index (χ2n) is 3.89. The van der Waals surface area contributed by atoms with Crippen LogP contribution < -0.4 is 20.1 Å². The predicted octanol–water partition coefficient (Wildman–Crippen LogP) is 1.10. The summed E-state index contributed by atoms with van der Waals surface area (Å²) in [5.74, 6) is 2.45. The molecule has 0 aromatic carbocycles. The van der Waals surface area contributed by atoms with E-state index < -0.39 is 0 Å². The third kappa shape index (κ3) is 6.68. The lowest BCUT2D eigenvalue weighted by Gasteiger charge is -2.01. The highest BCUT2D eigenvalue weighted by Crippen LogP contribution is 2.07. The van der Waals surface area contributed by atoms with E-state index >= 15 is 0 Å². The van der Waals surface area contributed by atoms with Crippen LogP contribution in [0.2, 0.25) is 0 Å². The SMILES string of the molecule is C.CNc1nc(C)nc(NC)n1.COc1nc(C)nc(OC)n1. The standard InChI is InChI=1S/C6H11N5.C6H9N3O2.CH4/c1-4-9-5(7-2)11-6(8-3)10-4;1-4-7-5(10-2)9-6(8-4)11-3;/h1-3H3,(H2,7,8,9,10,11);1-3H3;1H4. The van der Waals surface area contributed by atoms with Crippen molar-refractivity contribution in [1.29, 1.82) is 0 Å². The van der Waals surface area contributed by atoms with Crippen LogP contribution in [0.1, 0.15) is 19.1 Å². The largest absolute Gasteiger partial charge is 0.467 e. The Balaban J connectivity index is 0.000000403. The molecule has 10 heteroatoms. The van der Waals surface area contributed by atoms with E-state index in [-0.39, 0.29) is 19.4 Å². The minimum atomic E-state index is 0. The van der Waals surface area contributed by atoms with Crippen LogP contribution in [0.3, 0.4) is 0 Å². The van der Waals surface area contributed by atoms with E-state index in [1.807, 2.05) is 6.92 Å². The molecule has 0 bridgehead atoms. The summed E-state index contributed by atoms with van der Waals surface area (Å²) >= 11 is 0. The molecule has 0 aliphatic rings.